The smallest absolute Gasteiger partial charge is 0.211 e. The van der Waals surface area contributed by atoms with Gasteiger partial charge in [-0.2, -0.15) is 0 Å². The lowest BCUT2D eigenvalue weighted by Gasteiger charge is -2.30. The number of piperidine rings is 1. The van der Waals surface area contributed by atoms with Gasteiger partial charge in [0.15, 0.2) is 17.5 Å². The molecule has 166 valence electrons. The lowest BCUT2D eigenvalue weighted by molar-refractivity contribution is 0.275. The normalized spacial score (nSPS) is 16.1. The van der Waals surface area contributed by atoms with E-state index in [1.54, 1.807) is 25.6 Å². The van der Waals surface area contributed by atoms with Crippen molar-refractivity contribution in [2.24, 2.45) is 10.9 Å². The topological polar surface area (TPSA) is 92.3 Å². The first-order valence-electron chi connectivity index (χ1n) is 9.48. The molecule has 8 nitrogen and oxygen atoms in total. The Morgan fingerprint density at radius 1 is 1.17 bits per heavy atom. The Balaban J connectivity index is 0.00000420. The van der Waals surface area contributed by atoms with Gasteiger partial charge in [0.1, 0.15) is 0 Å². The number of ether oxygens (including phenoxy) is 2. The molecule has 1 aromatic rings. The zero-order valence-electron chi connectivity index (χ0n) is 17.6. The van der Waals surface area contributed by atoms with Crippen LogP contribution in [0.25, 0.3) is 0 Å². The highest BCUT2D eigenvalue weighted by Crippen LogP contribution is 2.27. The van der Waals surface area contributed by atoms with Crippen molar-refractivity contribution in [3.8, 4) is 11.5 Å². The summed E-state index contributed by atoms with van der Waals surface area (Å²) in [6.45, 7) is 2.71. The number of aliphatic imine (C=N–C) groups is 1. The SMILES string of the molecule is CN=C(NCCc1ccc(OC)c(OC)c1)NCC1CCN(S(C)(=O)=O)CC1.I. The van der Waals surface area contributed by atoms with Gasteiger partial charge in [0.25, 0.3) is 0 Å². The molecule has 1 heterocycles. The van der Waals surface area contributed by atoms with Crippen molar-refractivity contribution in [2.45, 2.75) is 19.3 Å². The average molecular weight is 540 g/mol. The van der Waals surface area contributed by atoms with Crippen molar-refractivity contribution >= 4 is 40.0 Å². The first-order chi connectivity index (χ1) is 13.4. The fourth-order valence-electron chi connectivity index (χ4n) is 3.27. The molecule has 2 N–H and O–H groups in total. The molecule has 10 heteroatoms. The predicted molar refractivity (Wildman–Crippen MR) is 127 cm³/mol. The van der Waals surface area contributed by atoms with Gasteiger partial charge < -0.3 is 20.1 Å². The minimum atomic E-state index is -3.07. The Labute approximate surface area is 191 Å². The highest BCUT2D eigenvalue weighted by Gasteiger charge is 2.24. The van der Waals surface area contributed by atoms with Crippen LogP contribution in [0.15, 0.2) is 23.2 Å². The van der Waals surface area contributed by atoms with E-state index < -0.39 is 10.0 Å². The maximum atomic E-state index is 11.6. The van der Waals surface area contributed by atoms with Crippen LogP contribution < -0.4 is 20.1 Å². The molecule has 0 aliphatic carbocycles. The van der Waals surface area contributed by atoms with E-state index in [-0.39, 0.29) is 24.0 Å². The van der Waals surface area contributed by atoms with Gasteiger partial charge in [0.2, 0.25) is 10.0 Å². The van der Waals surface area contributed by atoms with Crippen molar-refractivity contribution in [3.63, 3.8) is 0 Å². The van der Waals surface area contributed by atoms with Crippen LogP contribution in [0, 0.1) is 5.92 Å². The van der Waals surface area contributed by atoms with Crippen LogP contribution in [0.2, 0.25) is 0 Å². The molecule has 0 radical (unpaired) electrons. The predicted octanol–water partition coefficient (Wildman–Crippen LogP) is 1.70. The molecule has 1 aliphatic rings. The van der Waals surface area contributed by atoms with Crippen LogP contribution in [0.3, 0.4) is 0 Å². The van der Waals surface area contributed by atoms with Crippen molar-refractivity contribution in [2.75, 3.05) is 53.7 Å². The Bertz CT molecular complexity index is 765. The molecule has 0 amide bonds. The quantitative estimate of drug-likeness (QED) is 0.297. The Hall–Kier alpha value is -1.27. The molecule has 0 bridgehead atoms. The molecule has 1 aliphatic heterocycles. The second-order valence-corrected chi connectivity index (χ2v) is 8.91. The highest BCUT2D eigenvalue weighted by atomic mass is 127. The fourth-order valence-corrected chi connectivity index (χ4v) is 4.14. The summed E-state index contributed by atoms with van der Waals surface area (Å²) in [4.78, 5) is 4.26. The molecular formula is C19H33IN4O4S. The summed E-state index contributed by atoms with van der Waals surface area (Å²) in [5.41, 5.74) is 1.15. The maximum absolute atomic E-state index is 11.6. The van der Waals surface area contributed by atoms with Gasteiger partial charge in [-0.15, -0.1) is 24.0 Å². The van der Waals surface area contributed by atoms with Crippen LogP contribution in [-0.2, 0) is 16.4 Å². The number of benzene rings is 1. The third kappa shape index (κ3) is 8.17. The van der Waals surface area contributed by atoms with Crippen LogP contribution >= 0.6 is 24.0 Å². The van der Waals surface area contributed by atoms with Gasteiger partial charge in [0, 0.05) is 33.2 Å². The second-order valence-electron chi connectivity index (χ2n) is 6.92. The molecule has 1 saturated heterocycles. The van der Waals surface area contributed by atoms with Gasteiger partial charge in [-0.05, 0) is 42.9 Å². The minimum absolute atomic E-state index is 0. The monoisotopic (exact) mass is 540 g/mol. The third-order valence-electron chi connectivity index (χ3n) is 4.98. The second kappa shape index (κ2) is 12.4. The maximum Gasteiger partial charge on any atom is 0.211 e. The Morgan fingerprint density at radius 2 is 1.83 bits per heavy atom. The molecule has 29 heavy (non-hydrogen) atoms. The fraction of sp³-hybridized carbons (Fsp3) is 0.632. The molecule has 0 unspecified atom stereocenters. The van der Waals surface area contributed by atoms with Crippen molar-refractivity contribution in [3.05, 3.63) is 23.8 Å². The summed E-state index contributed by atoms with van der Waals surface area (Å²) in [5.74, 6) is 2.65. The van der Waals surface area contributed by atoms with Crippen LogP contribution in [0.4, 0.5) is 0 Å². The Kier molecular flexibility index (Phi) is 11.0. The van der Waals surface area contributed by atoms with E-state index in [0.717, 1.165) is 55.4 Å². The molecule has 2 rings (SSSR count). The molecule has 1 aromatic carbocycles. The summed E-state index contributed by atoms with van der Waals surface area (Å²) in [5, 5.41) is 6.66. The summed E-state index contributed by atoms with van der Waals surface area (Å²) >= 11 is 0. The zero-order valence-corrected chi connectivity index (χ0v) is 20.7. The number of methoxy groups -OCH3 is 2. The zero-order chi connectivity index (χ0) is 20.6. The number of rotatable bonds is 8. The highest BCUT2D eigenvalue weighted by molar-refractivity contribution is 14.0. The van der Waals surface area contributed by atoms with E-state index in [0.29, 0.717) is 19.0 Å². The van der Waals surface area contributed by atoms with Crippen molar-refractivity contribution in [1.82, 2.24) is 14.9 Å². The van der Waals surface area contributed by atoms with Crippen LogP contribution in [-0.4, -0.2) is 72.4 Å². The number of hydrogen-bond acceptors (Lipinski definition) is 5. The first-order valence-corrected chi connectivity index (χ1v) is 11.3. The number of halogens is 1. The van der Waals surface area contributed by atoms with Crippen molar-refractivity contribution in [1.29, 1.82) is 0 Å². The minimum Gasteiger partial charge on any atom is -0.493 e. The van der Waals surface area contributed by atoms with Crippen LogP contribution in [0.1, 0.15) is 18.4 Å². The third-order valence-corrected chi connectivity index (χ3v) is 6.28. The van der Waals surface area contributed by atoms with Gasteiger partial charge in [-0.3, -0.25) is 4.99 Å². The standard InChI is InChI=1S/C19H32N4O4S.HI/c1-20-19(22-14-16-8-11-23(12-9-16)28(4,24)25)21-10-7-15-5-6-17(26-2)18(13-15)27-3;/h5-6,13,16H,7-12,14H2,1-4H3,(H2,20,21,22);1H. The first kappa shape index (κ1) is 25.8. The number of hydrogen-bond donors (Lipinski definition) is 2. The molecule has 1 fully saturated rings. The summed E-state index contributed by atoms with van der Waals surface area (Å²) in [6.07, 6.45) is 3.83. The summed E-state index contributed by atoms with van der Waals surface area (Å²) < 4.78 is 35.3. The molecular weight excluding hydrogens is 507 g/mol. The van der Waals surface area contributed by atoms with E-state index in [2.05, 4.69) is 15.6 Å². The van der Waals surface area contributed by atoms with Crippen molar-refractivity contribution < 1.29 is 17.9 Å². The Morgan fingerprint density at radius 3 is 2.38 bits per heavy atom. The van der Waals surface area contributed by atoms with Crippen LogP contribution in [0.5, 0.6) is 11.5 Å². The molecule has 0 saturated carbocycles. The lowest BCUT2D eigenvalue weighted by Crippen LogP contribution is -2.44. The molecule has 0 spiro atoms. The lowest BCUT2D eigenvalue weighted by atomic mass is 9.98. The van der Waals surface area contributed by atoms with Gasteiger partial charge in [-0.25, -0.2) is 12.7 Å². The number of nitrogens with one attached hydrogen (secondary N) is 2. The van der Waals surface area contributed by atoms with E-state index in [1.807, 2.05) is 18.2 Å². The molecule has 0 aromatic heterocycles. The molecule has 0 atom stereocenters. The van der Waals surface area contributed by atoms with Gasteiger partial charge in [0.05, 0.1) is 20.5 Å². The summed E-state index contributed by atoms with van der Waals surface area (Å²) in [7, 11) is 1.93. The number of sulfonamides is 1. The van der Waals surface area contributed by atoms with E-state index >= 15 is 0 Å². The van der Waals surface area contributed by atoms with E-state index in [9.17, 15) is 8.42 Å². The van der Waals surface area contributed by atoms with E-state index in [1.165, 1.54) is 6.26 Å². The van der Waals surface area contributed by atoms with Gasteiger partial charge >= 0.3 is 0 Å². The number of nitrogens with zero attached hydrogens (tertiary/aromatic N) is 2. The average Bonchev–Trinajstić information content (AvgIpc) is 2.70. The van der Waals surface area contributed by atoms with E-state index in [4.69, 9.17) is 9.47 Å². The van der Waals surface area contributed by atoms with Gasteiger partial charge in [-0.1, -0.05) is 6.07 Å². The largest absolute Gasteiger partial charge is 0.493 e. The number of guanidine groups is 1. The summed E-state index contributed by atoms with van der Waals surface area (Å²) in [6, 6.07) is 5.91.